The van der Waals surface area contributed by atoms with Gasteiger partial charge in [-0.25, -0.2) is 9.59 Å². The lowest BCUT2D eigenvalue weighted by atomic mass is 10.2. The zero-order valence-corrected chi connectivity index (χ0v) is 11.2. The van der Waals surface area contributed by atoms with Gasteiger partial charge in [-0.15, -0.1) is 0 Å². The lowest BCUT2D eigenvalue weighted by molar-refractivity contribution is -0.139. The third-order valence-electron chi connectivity index (χ3n) is 2.28. The number of carboxylic acid groups (broad SMARTS) is 1. The Morgan fingerprint density at radius 3 is 2.42 bits per heavy atom. The second kappa shape index (κ2) is 10.1. The third-order valence-corrected chi connectivity index (χ3v) is 2.28. The number of amides is 3. The van der Waals surface area contributed by atoms with Gasteiger partial charge >= 0.3 is 12.0 Å². The lowest BCUT2D eigenvalue weighted by Gasteiger charge is -2.13. The monoisotopic (exact) mass is 275 g/mol. The van der Waals surface area contributed by atoms with Crippen LogP contribution in [-0.2, 0) is 14.3 Å². The van der Waals surface area contributed by atoms with Gasteiger partial charge in [0.05, 0.1) is 6.61 Å². The number of methoxy groups -OCH3 is 1. The summed E-state index contributed by atoms with van der Waals surface area (Å²) in [5.74, 6) is -1.29. The van der Waals surface area contributed by atoms with E-state index in [4.69, 9.17) is 9.84 Å². The number of rotatable bonds is 9. The maximum Gasteiger partial charge on any atom is 0.326 e. The van der Waals surface area contributed by atoms with Gasteiger partial charge in [0.1, 0.15) is 6.04 Å². The van der Waals surface area contributed by atoms with E-state index in [0.717, 1.165) is 0 Å². The number of carbonyl (C=O) groups excluding carboxylic acids is 2. The first-order valence-corrected chi connectivity index (χ1v) is 6.04. The van der Waals surface area contributed by atoms with Crippen LogP contribution in [0.3, 0.4) is 0 Å². The standard InChI is InChI=1S/C11H21N3O5/c1-3-8(10(16)17)14-11(18)13-5-4-9(15)12-6-7-19-2/h8H,3-7H2,1-2H3,(H,12,15)(H,16,17)(H2,13,14,18)/t8-/m1/s1. The van der Waals surface area contributed by atoms with Crippen LogP contribution in [0.25, 0.3) is 0 Å². The number of hydrogen-bond donors (Lipinski definition) is 4. The van der Waals surface area contributed by atoms with Crippen molar-refractivity contribution in [3.63, 3.8) is 0 Å². The summed E-state index contributed by atoms with van der Waals surface area (Å²) in [6, 6.07) is -1.52. The summed E-state index contributed by atoms with van der Waals surface area (Å²) >= 11 is 0. The van der Waals surface area contributed by atoms with Gasteiger partial charge in [-0.05, 0) is 6.42 Å². The van der Waals surface area contributed by atoms with Crippen LogP contribution in [0.4, 0.5) is 4.79 Å². The average molecular weight is 275 g/mol. The maximum atomic E-state index is 11.3. The molecule has 0 fully saturated rings. The Labute approximate surface area is 111 Å². The topological polar surface area (TPSA) is 117 Å². The van der Waals surface area contributed by atoms with E-state index in [9.17, 15) is 14.4 Å². The van der Waals surface area contributed by atoms with Gasteiger partial charge in [0.15, 0.2) is 0 Å². The van der Waals surface area contributed by atoms with E-state index in [2.05, 4.69) is 16.0 Å². The maximum absolute atomic E-state index is 11.3. The Morgan fingerprint density at radius 2 is 1.89 bits per heavy atom. The fourth-order valence-electron chi connectivity index (χ4n) is 1.22. The second-order valence-electron chi connectivity index (χ2n) is 3.79. The number of carboxylic acids is 1. The van der Waals surface area contributed by atoms with Crippen molar-refractivity contribution >= 4 is 17.9 Å². The van der Waals surface area contributed by atoms with Gasteiger partial charge in [0.2, 0.25) is 5.91 Å². The van der Waals surface area contributed by atoms with Crippen LogP contribution < -0.4 is 16.0 Å². The fraction of sp³-hybridized carbons (Fsp3) is 0.727. The summed E-state index contributed by atoms with van der Waals surface area (Å²) in [5, 5.41) is 16.0. The van der Waals surface area contributed by atoms with E-state index in [-0.39, 0.29) is 18.9 Å². The van der Waals surface area contributed by atoms with Gasteiger partial charge in [0.25, 0.3) is 0 Å². The number of urea groups is 1. The number of hydrogen-bond acceptors (Lipinski definition) is 4. The van der Waals surface area contributed by atoms with Crippen LogP contribution in [0, 0.1) is 0 Å². The number of nitrogens with one attached hydrogen (secondary N) is 3. The third kappa shape index (κ3) is 8.83. The van der Waals surface area contributed by atoms with E-state index in [0.29, 0.717) is 19.6 Å². The molecular formula is C11H21N3O5. The first kappa shape index (κ1) is 17.2. The van der Waals surface area contributed by atoms with Crippen LogP contribution in [-0.4, -0.2) is 55.9 Å². The minimum Gasteiger partial charge on any atom is -0.480 e. The highest BCUT2D eigenvalue weighted by molar-refractivity contribution is 5.83. The van der Waals surface area contributed by atoms with Crippen LogP contribution in [0.2, 0.25) is 0 Å². The predicted molar refractivity (Wildman–Crippen MR) is 67.8 cm³/mol. The zero-order valence-electron chi connectivity index (χ0n) is 11.2. The molecule has 0 unspecified atom stereocenters. The highest BCUT2D eigenvalue weighted by atomic mass is 16.5. The van der Waals surface area contributed by atoms with Crippen molar-refractivity contribution in [3.05, 3.63) is 0 Å². The molecule has 8 nitrogen and oxygen atoms in total. The Kier molecular flexibility index (Phi) is 9.15. The average Bonchev–Trinajstić information content (AvgIpc) is 2.36. The van der Waals surface area contributed by atoms with Crippen molar-refractivity contribution in [1.29, 1.82) is 0 Å². The Morgan fingerprint density at radius 1 is 1.21 bits per heavy atom. The molecule has 0 rings (SSSR count). The Balaban J connectivity index is 3.73. The molecular weight excluding hydrogens is 254 g/mol. The van der Waals surface area contributed by atoms with E-state index in [1.54, 1.807) is 6.92 Å². The van der Waals surface area contributed by atoms with E-state index in [1.165, 1.54) is 7.11 Å². The highest BCUT2D eigenvalue weighted by Gasteiger charge is 2.16. The molecule has 4 N–H and O–H groups in total. The van der Waals surface area contributed by atoms with Crippen LogP contribution >= 0.6 is 0 Å². The summed E-state index contributed by atoms with van der Waals surface area (Å²) in [6.45, 7) is 2.64. The van der Waals surface area contributed by atoms with Crippen molar-refractivity contribution in [2.24, 2.45) is 0 Å². The zero-order chi connectivity index (χ0) is 14.7. The largest absolute Gasteiger partial charge is 0.480 e. The minimum absolute atomic E-state index is 0.126. The first-order chi connectivity index (χ1) is 9.01. The SMILES string of the molecule is CC[C@@H](NC(=O)NCCC(=O)NCCOC)C(=O)O. The van der Waals surface area contributed by atoms with Crippen LogP contribution in [0.5, 0.6) is 0 Å². The molecule has 0 heterocycles. The number of ether oxygens (including phenoxy) is 1. The molecule has 0 saturated heterocycles. The molecule has 0 aromatic carbocycles. The van der Waals surface area contributed by atoms with Gasteiger partial charge in [0, 0.05) is 26.6 Å². The molecule has 1 atom stereocenters. The molecule has 19 heavy (non-hydrogen) atoms. The van der Waals surface area contributed by atoms with E-state index >= 15 is 0 Å². The number of aliphatic carboxylic acids is 1. The highest BCUT2D eigenvalue weighted by Crippen LogP contribution is 1.90. The molecule has 0 aromatic rings. The molecule has 0 saturated carbocycles. The van der Waals surface area contributed by atoms with Crippen molar-refractivity contribution in [2.75, 3.05) is 26.8 Å². The summed E-state index contributed by atoms with van der Waals surface area (Å²) in [7, 11) is 1.53. The normalized spacial score (nSPS) is 11.5. The van der Waals surface area contributed by atoms with Crippen LogP contribution in [0.1, 0.15) is 19.8 Å². The molecule has 8 heteroatoms. The van der Waals surface area contributed by atoms with E-state index < -0.39 is 18.0 Å². The summed E-state index contributed by atoms with van der Waals surface area (Å²) < 4.78 is 4.76. The van der Waals surface area contributed by atoms with Gasteiger partial charge in [-0.3, -0.25) is 4.79 Å². The molecule has 0 radical (unpaired) electrons. The van der Waals surface area contributed by atoms with Crippen molar-refractivity contribution in [3.8, 4) is 0 Å². The number of carbonyl (C=O) groups is 3. The lowest BCUT2D eigenvalue weighted by Crippen LogP contribution is -2.46. The fourth-order valence-corrected chi connectivity index (χ4v) is 1.22. The molecule has 0 bridgehead atoms. The second-order valence-corrected chi connectivity index (χ2v) is 3.79. The molecule has 0 aromatic heterocycles. The quantitative estimate of drug-likeness (QED) is 0.415. The van der Waals surface area contributed by atoms with Crippen molar-refractivity contribution in [2.45, 2.75) is 25.8 Å². The van der Waals surface area contributed by atoms with Gasteiger partial charge < -0.3 is 25.8 Å². The molecule has 0 aliphatic rings. The van der Waals surface area contributed by atoms with E-state index in [1.807, 2.05) is 0 Å². The Hall–Kier alpha value is -1.83. The minimum atomic E-state index is -1.09. The van der Waals surface area contributed by atoms with Gasteiger partial charge in [-0.2, -0.15) is 0 Å². The van der Waals surface area contributed by atoms with Crippen LogP contribution in [0.15, 0.2) is 0 Å². The Bertz CT molecular complexity index is 309. The molecule has 110 valence electrons. The smallest absolute Gasteiger partial charge is 0.326 e. The first-order valence-electron chi connectivity index (χ1n) is 6.04. The summed E-state index contributed by atoms with van der Waals surface area (Å²) in [6.07, 6.45) is 0.418. The predicted octanol–water partition coefficient (Wildman–Crippen LogP) is -0.698. The molecule has 3 amide bonds. The molecule has 0 spiro atoms. The summed E-state index contributed by atoms with van der Waals surface area (Å²) in [5.41, 5.74) is 0. The molecule has 0 aliphatic heterocycles. The summed E-state index contributed by atoms with van der Waals surface area (Å²) in [4.78, 5) is 33.3. The van der Waals surface area contributed by atoms with Gasteiger partial charge in [-0.1, -0.05) is 6.92 Å². The van der Waals surface area contributed by atoms with Crippen molar-refractivity contribution < 1.29 is 24.2 Å². The van der Waals surface area contributed by atoms with Crippen molar-refractivity contribution in [1.82, 2.24) is 16.0 Å². The molecule has 0 aliphatic carbocycles.